The first-order valence-corrected chi connectivity index (χ1v) is 5.11. The molecule has 1 aliphatic heterocycles. The van der Waals surface area contributed by atoms with Gasteiger partial charge in [0.05, 0.1) is 19.3 Å². The largest absolute Gasteiger partial charge is 0.371 e. The fraction of sp³-hybridized carbons (Fsp3) is 0.455. The van der Waals surface area contributed by atoms with Gasteiger partial charge in [-0.05, 0) is 24.6 Å². The smallest absolute Gasteiger partial charge is 0.107 e. The summed E-state index contributed by atoms with van der Waals surface area (Å²) in [7, 11) is 0. The van der Waals surface area contributed by atoms with Crippen molar-refractivity contribution in [1.29, 1.82) is 0 Å². The summed E-state index contributed by atoms with van der Waals surface area (Å²) >= 11 is 5.85. The highest BCUT2D eigenvalue weighted by molar-refractivity contribution is 6.30. The zero-order valence-electron chi connectivity index (χ0n) is 8.07. The molecule has 2 nitrogen and oxygen atoms in total. The van der Waals surface area contributed by atoms with Crippen molar-refractivity contribution in [2.24, 2.45) is 0 Å². The maximum atomic E-state index is 5.85. The standard InChI is InChI=1S/C11H13ClO2/c1-8(11-7-14-11)13-6-9-3-2-4-10(12)5-9/h2-5,8,11H,6-7H2,1H3/t8-,11-/m0/s1. The summed E-state index contributed by atoms with van der Waals surface area (Å²) in [6.07, 6.45) is 0.475. The minimum absolute atomic E-state index is 0.175. The van der Waals surface area contributed by atoms with Crippen LogP contribution in [-0.4, -0.2) is 18.8 Å². The molecule has 0 aromatic heterocycles. The molecule has 14 heavy (non-hydrogen) atoms. The third kappa shape index (κ3) is 2.71. The van der Waals surface area contributed by atoms with Crippen LogP contribution in [0.4, 0.5) is 0 Å². The topological polar surface area (TPSA) is 21.8 Å². The third-order valence-electron chi connectivity index (χ3n) is 2.28. The number of benzene rings is 1. The highest BCUT2D eigenvalue weighted by Gasteiger charge is 2.29. The second-order valence-electron chi connectivity index (χ2n) is 3.52. The van der Waals surface area contributed by atoms with E-state index in [9.17, 15) is 0 Å². The summed E-state index contributed by atoms with van der Waals surface area (Å²) in [4.78, 5) is 0. The highest BCUT2D eigenvalue weighted by Crippen LogP contribution is 2.18. The molecule has 0 spiro atoms. The average molecular weight is 213 g/mol. The Morgan fingerprint density at radius 2 is 2.43 bits per heavy atom. The van der Waals surface area contributed by atoms with Gasteiger partial charge in [0.1, 0.15) is 6.10 Å². The van der Waals surface area contributed by atoms with Crippen molar-refractivity contribution in [2.45, 2.75) is 25.7 Å². The van der Waals surface area contributed by atoms with Crippen LogP contribution in [0.5, 0.6) is 0 Å². The van der Waals surface area contributed by atoms with E-state index in [0.29, 0.717) is 12.7 Å². The van der Waals surface area contributed by atoms with Crippen LogP contribution in [0.1, 0.15) is 12.5 Å². The number of ether oxygens (including phenoxy) is 2. The Hall–Kier alpha value is -0.570. The molecule has 0 N–H and O–H groups in total. The van der Waals surface area contributed by atoms with Gasteiger partial charge >= 0.3 is 0 Å². The van der Waals surface area contributed by atoms with Crippen molar-refractivity contribution in [1.82, 2.24) is 0 Å². The van der Waals surface area contributed by atoms with Crippen LogP contribution in [0.25, 0.3) is 0 Å². The molecule has 0 aliphatic carbocycles. The quantitative estimate of drug-likeness (QED) is 0.716. The Balaban J connectivity index is 1.84. The number of hydrogen-bond acceptors (Lipinski definition) is 2. The van der Waals surface area contributed by atoms with Crippen molar-refractivity contribution in [3.63, 3.8) is 0 Å². The third-order valence-corrected chi connectivity index (χ3v) is 2.52. The van der Waals surface area contributed by atoms with Crippen molar-refractivity contribution >= 4 is 11.6 Å². The average Bonchev–Trinajstić information content (AvgIpc) is 2.97. The second-order valence-corrected chi connectivity index (χ2v) is 3.95. The lowest BCUT2D eigenvalue weighted by Crippen LogP contribution is -2.14. The minimum atomic E-state index is 0.175. The van der Waals surface area contributed by atoms with E-state index in [4.69, 9.17) is 21.1 Å². The van der Waals surface area contributed by atoms with E-state index in [2.05, 4.69) is 0 Å². The summed E-state index contributed by atoms with van der Waals surface area (Å²) in [6.45, 7) is 3.46. The van der Waals surface area contributed by atoms with Gasteiger partial charge in [0.15, 0.2) is 0 Å². The Bertz CT molecular complexity index is 310. The predicted molar refractivity (Wildman–Crippen MR) is 55.4 cm³/mol. The maximum Gasteiger partial charge on any atom is 0.107 e. The molecule has 1 heterocycles. The number of halogens is 1. The van der Waals surface area contributed by atoms with Gasteiger partial charge in [-0.1, -0.05) is 23.7 Å². The van der Waals surface area contributed by atoms with E-state index < -0.39 is 0 Å². The van der Waals surface area contributed by atoms with Gasteiger partial charge in [-0.3, -0.25) is 0 Å². The molecule has 0 amide bonds. The molecule has 2 atom stereocenters. The zero-order chi connectivity index (χ0) is 9.97. The van der Waals surface area contributed by atoms with Crippen molar-refractivity contribution in [2.75, 3.05) is 6.61 Å². The Morgan fingerprint density at radius 3 is 3.07 bits per heavy atom. The molecule has 1 aliphatic rings. The van der Waals surface area contributed by atoms with Crippen LogP contribution < -0.4 is 0 Å². The fourth-order valence-electron chi connectivity index (χ4n) is 1.29. The SMILES string of the molecule is C[C@H](OCc1cccc(Cl)c1)[C@@H]1CO1. The molecule has 1 aromatic carbocycles. The second kappa shape index (κ2) is 4.30. The van der Waals surface area contributed by atoms with Gasteiger partial charge in [-0.2, -0.15) is 0 Å². The summed E-state index contributed by atoms with van der Waals surface area (Å²) in [5, 5.41) is 0.751. The first-order chi connectivity index (χ1) is 6.75. The van der Waals surface area contributed by atoms with Crippen LogP contribution in [0, 0.1) is 0 Å². The van der Waals surface area contributed by atoms with E-state index in [0.717, 1.165) is 17.2 Å². The van der Waals surface area contributed by atoms with Crippen LogP contribution in [0.3, 0.4) is 0 Å². The highest BCUT2D eigenvalue weighted by atomic mass is 35.5. The van der Waals surface area contributed by atoms with Gasteiger partial charge < -0.3 is 9.47 Å². The molecule has 3 heteroatoms. The minimum Gasteiger partial charge on any atom is -0.371 e. The first-order valence-electron chi connectivity index (χ1n) is 4.73. The van der Waals surface area contributed by atoms with Crippen LogP contribution in [-0.2, 0) is 16.1 Å². The number of hydrogen-bond donors (Lipinski definition) is 0. The van der Waals surface area contributed by atoms with E-state index in [-0.39, 0.29) is 6.10 Å². The molecule has 0 radical (unpaired) electrons. The summed E-state index contributed by atoms with van der Waals surface area (Å²) in [6, 6.07) is 7.71. The molecular weight excluding hydrogens is 200 g/mol. The predicted octanol–water partition coefficient (Wildman–Crippen LogP) is 2.64. The molecule has 76 valence electrons. The van der Waals surface area contributed by atoms with Gasteiger partial charge in [0.25, 0.3) is 0 Å². The normalized spacial score (nSPS) is 22.0. The molecule has 1 saturated heterocycles. The molecular formula is C11H13ClO2. The van der Waals surface area contributed by atoms with E-state index in [1.807, 2.05) is 31.2 Å². The Morgan fingerprint density at radius 1 is 1.64 bits per heavy atom. The van der Waals surface area contributed by atoms with Crippen LogP contribution >= 0.6 is 11.6 Å². The lowest BCUT2D eigenvalue weighted by molar-refractivity contribution is 0.0340. The summed E-state index contributed by atoms with van der Waals surface area (Å²) in [5.41, 5.74) is 1.10. The summed E-state index contributed by atoms with van der Waals surface area (Å²) < 4.78 is 10.8. The van der Waals surface area contributed by atoms with Gasteiger partial charge in [0.2, 0.25) is 0 Å². The van der Waals surface area contributed by atoms with E-state index in [1.165, 1.54) is 0 Å². The molecule has 0 bridgehead atoms. The first kappa shape index (κ1) is 9.97. The van der Waals surface area contributed by atoms with Gasteiger partial charge in [0, 0.05) is 5.02 Å². The van der Waals surface area contributed by atoms with Gasteiger partial charge in [-0.25, -0.2) is 0 Å². The fourth-order valence-corrected chi connectivity index (χ4v) is 1.50. The lowest BCUT2D eigenvalue weighted by atomic mass is 10.2. The van der Waals surface area contributed by atoms with Gasteiger partial charge in [-0.15, -0.1) is 0 Å². The summed E-state index contributed by atoms with van der Waals surface area (Å²) in [5.74, 6) is 0. The van der Waals surface area contributed by atoms with Crippen molar-refractivity contribution in [3.8, 4) is 0 Å². The molecule has 1 aromatic rings. The van der Waals surface area contributed by atoms with Crippen molar-refractivity contribution < 1.29 is 9.47 Å². The van der Waals surface area contributed by atoms with E-state index in [1.54, 1.807) is 0 Å². The van der Waals surface area contributed by atoms with E-state index >= 15 is 0 Å². The number of epoxide rings is 1. The van der Waals surface area contributed by atoms with Crippen LogP contribution in [0.15, 0.2) is 24.3 Å². The molecule has 0 saturated carbocycles. The van der Waals surface area contributed by atoms with Crippen molar-refractivity contribution in [3.05, 3.63) is 34.9 Å². The number of rotatable bonds is 4. The maximum absolute atomic E-state index is 5.85. The monoisotopic (exact) mass is 212 g/mol. The zero-order valence-corrected chi connectivity index (χ0v) is 8.83. The lowest BCUT2D eigenvalue weighted by Gasteiger charge is -2.10. The van der Waals surface area contributed by atoms with Crippen LogP contribution in [0.2, 0.25) is 5.02 Å². The molecule has 2 rings (SSSR count). The molecule has 0 unspecified atom stereocenters. The Kier molecular flexibility index (Phi) is 3.06. The Labute approximate surface area is 88.8 Å². The molecule has 1 fully saturated rings.